The van der Waals surface area contributed by atoms with Gasteiger partial charge < -0.3 is 4.74 Å². The van der Waals surface area contributed by atoms with E-state index in [1.54, 1.807) is 0 Å². The third-order valence-corrected chi connectivity index (χ3v) is 5.11. The normalized spacial score (nSPS) is 15.5. The molecule has 1 aliphatic heterocycles. The number of aryl methyl sites for hydroxylation is 1. The third kappa shape index (κ3) is 4.14. The first-order chi connectivity index (χ1) is 10.8. The van der Waals surface area contributed by atoms with Crippen molar-refractivity contribution < 1.29 is 4.74 Å². The van der Waals surface area contributed by atoms with Crippen LogP contribution < -0.4 is 4.74 Å². The van der Waals surface area contributed by atoms with Crippen molar-refractivity contribution in [2.45, 2.75) is 26.2 Å². The van der Waals surface area contributed by atoms with Gasteiger partial charge in [-0.3, -0.25) is 4.90 Å². The summed E-state index contributed by atoms with van der Waals surface area (Å²) in [7, 11) is 0. The van der Waals surface area contributed by atoms with Crippen molar-refractivity contribution in [2.24, 2.45) is 0 Å². The van der Waals surface area contributed by atoms with Crippen LogP contribution in [-0.2, 0) is 0 Å². The van der Waals surface area contributed by atoms with Crippen LogP contribution in [0.4, 0.5) is 0 Å². The van der Waals surface area contributed by atoms with E-state index in [1.807, 2.05) is 30.0 Å². The minimum absolute atomic E-state index is 0.757. The lowest BCUT2D eigenvalue weighted by Crippen LogP contribution is -2.20. The molecule has 0 amide bonds. The molecule has 3 rings (SSSR count). The predicted molar refractivity (Wildman–Crippen MR) is 94.7 cm³/mol. The van der Waals surface area contributed by atoms with Crippen LogP contribution in [0.5, 0.6) is 5.88 Å². The Hall–Kier alpha value is -1.26. The molecule has 3 nitrogen and oxygen atoms in total. The number of unbranched alkanes of at least 4 members (excludes halogenated alkanes) is 2. The number of fused-ring (bicyclic) bond motifs is 1. The molecule has 1 aromatic heterocycles. The van der Waals surface area contributed by atoms with Crippen LogP contribution in [0.3, 0.4) is 0 Å². The first kappa shape index (κ1) is 15.6. The SMILES string of the molecule is Cc1cc(OCCCCCN2CCSC2)nc2ccccc12. The first-order valence-corrected chi connectivity index (χ1v) is 9.28. The maximum absolute atomic E-state index is 5.84. The van der Waals surface area contributed by atoms with Crippen LogP contribution in [0.2, 0.25) is 0 Å². The van der Waals surface area contributed by atoms with Crippen molar-refractivity contribution in [1.29, 1.82) is 0 Å². The molecular weight excluding hydrogens is 292 g/mol. The summed E-state index contributed by atoms with van der Waals surface area (Å²) in [5.41, 5.74) is 2.25. The van der Waals surface area contributed by atoms with Crippen LogP contribution in [0, 0.1) is 6.92 Å². The molecule has 4 heteroatoms. The Morgan fingerprint density at radius 3 is 3.00 bits per heavy atom. The van der Waals surface area contributed by atoms with Gasteiger partial charge >= 0.3 is 0 Å². The molecule has 2 aromatic rings. The van der Waals surface area contributed by atoms with E-state index in [2.05, 4.69) is 28.9 Å². The number of rotatable bonds is 7. The van der Waals surface area contributed by atoms with Crippen LogP contribution >= 0.6 is 11.8 Å². The van der Waals surface area contributed by atoms with Crippen LogP contribution in [0.1, 0.15) is 24.8 Å². The number of hydrogen-bond acceptors (Lipinski definition) is 4. The molecule has 1 aliphatic rings. The smallest absolute Gasteiger partial charge is 0.214 e. The fraction of sp³-hybridized carbons (Fsp3) is 0.500. The highest BCUT2D eigenvalue weighted by molar-refractivity contribution is 7.99. The zero-order valence-corrected chi connectivity index (χ0v) is 14.1. The molecule has 118 valence electrons. The van der Waals surface area contributed by atoms with Gasteiger partial charge in [0.1, 0.15) is 0 Å². The number of para-hydroxylation sites is 1. The first-order valence-electron chi connectivity index (χ1n) is 8.12. The summed E-state index contributed by atoms with van der Waals surface area (Å²) in [5, 5.41) is 1.21. The number of nitrogens with zero attached hydrogens (tertiary/aromatic N) is 2. The Labute approximate surface area is 137 Å². The Kier molecular flexibility index (Phi) is 5.57. The Bertz CT molecular complexity index is 611. The topological polar surface area (TPSA) is 25.4 Å². The van der Waals surface area contributed by atoms with Gasteiger partial charge in [0.05, 0.1) is 12.1 Å². The lowest BCUT2D eigenvalue weighted by atomic mass is 10.1. The molecule has 0 N–H and O–H groups in total. The molecule has 22 heavy (non-hydrogen) atoms. The van der Waals surface area contributed by atoms with Gasteiger partial charge in [0.15, 0.2) is 0 Å². The monoisotopic (exact) mass is 316 g/mol. The lowest BCUT2D eigenvalue weighted by molar-refractivity contribution is 0.285. The summed E-state index contributed by atoms with van der Waals surface area (Å²) in [6.07, 6.45) is 3.61. The van der Waals surface area contributed by atoms with Crippen LogP contribution in [-0.4, -0.2) is 41.2 Å². The molecule has 0 aliphatic carbocycles. The summed E-state index contributed by atoms with van der Waals surface area (Å²) in [4.78, 5) is 7.13. The fourth-order valence-corrected chi connectivity index (χ4v) is 3.84. The highest BCUT2D eigenvalue weighted by Crippen LogP contribution is 2.21. The zero-order chi connectivity index (χ0) is 15.2. The molecular formula is C18H24N2OS. The van der Waals surface area contributed by atoms with Gasteiger partial charge in [-0.1, -0.05) is 18.2 Å². The minimum Gasteiger partial charge on any atom is -0.478 e. The second-order valence-corrected chi connectivity index (χ2v) is 6.93. The maximum Gasteiger partial charge on any atom is 0.214 e. The number of thioether (sulfide) groups is 1. The van der Waals surface area contributed by atoms with Gasteiger partial charge in [0.2, 0.25) is 5.88 Å². The summed E-state index contributed by atoms with van der Waals surface area (Å²) < 4.78 is 5.84. The van der Waals surface area contributed by atoms with Crippen molar-refractivity contribution in [3.8, 4) is 5.88 Å². The number of benzene rings is 1. The number of ether oxygens (including phenoxy) is 1. The molecule has 1 saturated heterocycles. The largest absolute Gasteiger partial charge is 0.478 e. The Morgan fingerprint density at radius 2 is 2.14 bits per heavy atom. The minimum atomic E-state index is 0.757. The van der Waals surface area contributed by atoms with E-state index in [9.17, 15) is 0 Å². The lowest BCUT2D eigenvalue weighted by Gasteiger charge is -2.13. The summed E-state index contributed by atoms with van der Waals surface area (Å²) in [6.45, 7) is 5.38. The highest BCUT2D eigenvalue weighted by Gasteiger charge is 2.10. The second-order valence-electron chi connectivity index (χ2n) is 5.86. The van der Waals surface area contributed by atoms with Crippen LogP contribution in [0.15, 0.2) is 30.3 Å². The summed E-state index contributed by atoms with van der Waals surface area (Å²) >= 11 is 2.04. The van der Waals surface area contributed by atoms with E-state index in [0.717, 1.165) is 24.4 Å². The van der Waals surface area contributed by atoms with Gasteiger partial charge in [0, 0.05) is 29.6 Å². The number of pyridine rings is 1. The van der Waals surface area contributed by atoms with Gasteiger partial charge in [-0.25, -0.2) is 4.98 Å². The Balaban J connectivity index is 1.41. The van der Waals surface area contributed by atoms with Crippen molar-refractivity contribution >= 4 is 22.7 Å². The number of hydrogen-bond donors (Lipinski definition) is 0. The average molecular weight is 316 g/mol. The highest BCUT2D eigenvalue weighted by atomic mass is 32.2. The van der Waals surface area contributed by atoms with Crippen LogP contribution in [0.25, 0.3) is 10.9 Å². The molecule has 0 spiro atoms. The molecule has 1 aromatic carbocycles. The molecule has 1 fully saturated rings. The van der Waals surface area contributed by atoms with Gasteiger partial charge in [0.25, 0.3) is 0 Å². The molecule has 0 unspecified atom stereocenters. The molecule has 0 saturated carbocycles. The maximum atomic E-state index is 5.84. The van der Waals surface area contributed by atoms with Crippen molar-refractivity contribution in [3.63, 3.8) is 0 Å². The molecule has 0 bridgehead atoms. The van der Waals surface area contributed by atoms with E-state index in [4.69, 9.17) is 4.74 Å². The molecule has 0 radical (unpaired) electrons. The van der Waals surface area contributed by atoms with E-state index in [1.165, 1.54) is 48.5 Å². The van der Waals surface area contributed by atoms with E-state index in [0.29, 0.717) is 0 Å². The molecule has 2 heterocycles. The quantitative estimate of drug-likeness (QED) is 0.718. The summed E-state index contributed by atoms with van der Waals surface area (Å²) in [6, 6.07) is 10.3. The van der Waals surface area contributed by atoms with Crippen molar-refractivity contribution in [3.05, 3.63) is 35.9 Å². The zero-order valence-electron chi connectivity index (χ0n) is 13.3. The molecule has 0 atom stereocenters. The van der Waals surface area contributed by atoms with E-state index < -0.39 is 0 Å². The van der Waals surface area contributed by atoms with E-state index in [-0.39, 0.29) is 0 Å². The van der Waals surface area contributed by atoms with Crippen molar-refractivity contribution in [1.82, 2.24) is 9.88 Å². The van der Waals surface area contributed by atoms with Gasteiger partial charge in [-0.2, -0.15) is 0 Å². The third-order valence-electron chi connectivity index (χ3n) is 4.09. The second kappa shape index (κ2) is 7.84. The number of aromatic nitrogens is 1. The average Bonchev–Trinajstić information content (AvgIpc) is 3.04. The standard InChI is InChI=1S/C18H24N2OS/c1-15-13-18(19-17-8-4-3-7-16(15)17)21-11-6-2-5-9-20-10-12-22-14-20/h3-4,7-8,13H,2,5-6,9-12,14H2,1H3. The van der Waals surface area contributed by atoms with Crippen molar-refractivity contribution in [2.75, 3.05) is 31.3 Å². The Morgan fingerprint density at radius 1 is 1.23 bits per heavy atom. The van der Waals surface area contributed by atoms with Gasteiger partial charge in [-0.05, 0) is 44.4 Å². The van der Waals surface area contributed by atoms with Gasteiger partial charge in [-0.15, -0.1) is 11.8 Å². The fourth-order valence-electron chi connectivity index (χ4n) is 2.81. The summed E-state index contributed by atoms with van der Waals surface area (Å²) in [5.74, 6) is 3.28. The predicted octanol–water partition coefficient (Wildman–Crippen LogP) is 4.10. The van der Waals surface area contributed by atoms with E-state index >= 15 is 0 Å².